The van der Waals surface area contributed by atoms with Crippen molar-refractivity contribution in [2.45, 2.75) is 226 Å². The summed E-state index contributed by atoms with van der Waals surface area (Å²) in [6.07, 6.45) is 49.8. The molecule has 0 aliphatic heterocycles. The van der Waals surface area contributed by atoms with Gasteiger partial charge in [0.15, 0.2) is 6.10 Å². The van der Waals surface area contributed by atoms with Gasteiger partial charge in [-0.1, -0.05) is 172 Å². The zero-order valence-electron chi connectivity index (χ0n) is 35.5. The molecule has 1 unspecified atom stereocenters. The molecule has 0 rings (SSSR count). The lowest BCUT2D eigenvalue weighted by atomic mass is 10.1. The minimum absolute atomic E-state index is 0.0838. The quantitative estimate of drug-likeness (QED) is 0.0268. The van der Waals surface area contributed by atoms with Gasteiger partial charge in [-0.3, -0.25) is 14.4 Å². The van der Waals surface area contributed by atoms with Crippen LogP contribution in [0.4, 0.5) is 0 Å². The van der Waals surface area contributed by atoms with E-state index >= 15 is 0 Å². The number of carbonyl (C=O) groups excluding carboxylic acids is 3. The minimum Gasteiger partial charge on any atom is -0.462 e. The zero-order chi connectivity index (χ0) is 39.4. The van der Waals surface area contributed by atoms with Gasteiger partial charge < -0.3 is 14.2 Å². The molecule has 0 aliphatic rings. The number of carbonyl (C=O) groups is 3. The molecule has 312 valence electrons. The molecule has 0 aromatic carbocycles. The van der Waals surface area contributed by atoms with Crippen LogP contribution in [0.2, 0.25) is 0 Å². The normalized spacial score (nSPS) is 12.4. The zero-order valence-corrected chi connectivity index (χ0v) is 35.5. The molecule has 0 aromatic rings. The van der Waals surface area contributed by atoms with Gasteiger partial charge in [0.2, 0.25) is 0 Å². The Hall–Kier alpha value is -2.63. The molecule has 1 atom stereocenters. The van der Waals surface area contributed by atoms with Crippen molar-refractivity contribution in [2.24, 2.45) is 0 Å². The second kappa shape index (κ2) is 43.1. The van der Waals surface area contributed by atoms with Gasteiger partial charge in [0.05, 0.1) is 0 Å². The molecule has 0 radical (unpaired) electrons. The highest BCUT2D eigenvalue weighted by molar-refractivity contribution is 5.71. The van der Waals surface area contributed by atoms with Crippen LogP contribution in [0.15, 0.2) is 48.6 Å². The third-order valence-electron chi connectivity index (χ3n) is 9.57. The number of hydrogen-bond acceptors (Lipinski definition) is 6. The van der Waals surface area contributed by atoms with Crippen LogP contribution < -0.4 is 0 Å². The summed E-state index contributed by atoms with van der Waals surface area (Å²) in [4.78, 5) is 37.5. The van der Waals surface area contributed by atoms with Crippen LogP contribution in [-0.2, 0) is 28.6 Å². The van der Waals surface area contributed by atoms with Crippen LogP contribution in [0, 0.1) is 0 Å². The third-order valence-corrected chi connectivity index (χ3v) is 9.57. The van der Waals surface area contributed by atoms with E-state index in [2.05, 4.69) is 69.4 Å². The maximum atomic E-state index is 12.7. The molecule has 0 saturated heterocycles. The second-order valence-electron chi connectivity index (χ2n) is 14.9. The van der Waals surface area contributed by atoms with E-state index in [1.54, 1.807) is 0 Å². The average Bonchev–Trinajstić information content (AvgIpc) is 3.17. The molecule has 6 nitrogen and oxygen atoms in total. The van der Waals surface area contributed by atoms with Gasteiger partial charge >= 0.3 is 17.9 Å². The number of ether oxygens (including phenoxy) is 3. The highest BCUT2D eigenvalue weighted by atomic mass is 16.6. The summed E-state index contributed by atoms with van der Waals surface area (Å²) in [5.74, 6) is -0.924. The van der Waals surface area contributed by atoms with Crippen LogP contribution >= 0.6 is 0 Å². The summed E-state index contributed by atoms with van der Waals surface area (Å²) in [5, 5.41) is 0. The van der Waals surface area contributed by atoms with Gasteiger partial charge in [-0.05, 0) is 77.0 Å². The number of unbranched alkanes of at least 4 members (excludes halogenated alkanes) is 21. The van der Waals surface area contributed by atoms with Gasteiger partial charge in [-0.25, -0.2) is 0 Å². The maximum absolute atomic E-state index is 12.7. The molecule has 0 fully saturated rings. The van der Waals surface area contributed by atoms with E-state index in [-0.39, 0.29) is 31.1 Å². The number of esters is 3. The van der Waals surface area contributed by atoms with Gasteiger partial charge in [-0.15, -0.1) is 0 Å². The van der Waals surface area contributed by atoms with E-state index < -0.39 is 6.10 Å². The van der Waals surface area contributed by atoms with E-state index in [0.717, 1.165) is 109 Å². The average molecular weight is 757 g/mol. The standard InChI is InChI=1S/C48H84O6/c1-4-7-10-13-15-17-19-21-23-25-26-28-30-32-35-38-41-47(50)53-44-45(43-52-46(49)40-37-34-12-9-6-3)54-48(51)42-39-36-33-31-29-27-24-22-20-18-16-14-11-8-5-2/h8,11,16,18,22-25,45H,4-7,9-10,12-15,17,19-21,26-44H2,1-3H3/b11-8-,18-16-,24-22-,25-23-. The third kappa shape index (κ3) is 40.6. The van der Waals surface area contributed by atoms with Crippen molar-refractivity contribution in [3.05, 3.63) is 48.6 Å². The molecular weight excluding hydrogens is 673 g/mol. The molecule has 0 saturated carbocycles. The highest BCUT2D eigenvalue weighted by Crippen LogP contribution is 2.13. The Bertz CT molecular complexity index is 964. The molecule has 0 heterocycles. The first-order valence-corrected chi connectivity index (χ1v) is 22.6. The van der Waals surface area contributed by atoms with E-state index in [1.165, 1.54) is 70.6 Å². The summed E-state index contributed by atoms with van der Waals surface area (Å²) < 4.78 is 16.6. The van der Waals surface area contributed by atoms with Crippen LogP contribution in [-0.4, -0.2) is 37.2 Å². The van der Waals surface area contributed by atoms with E-state index in [1.807, 2.05) is 0 Å². The molecule has 0 spiro atoms. The number of hydrogen-bond donors (Lipinski definition) is 0. The van der Waals surface area contributed by atoms with Crippen LogP contribution in [0.5, 0.6) is 0 Å². The Labute approximate surface area is 333 Å². The first-order valence-electron chi connectivity index (χ1n) is 22.6. The summed E-state index contributed by atoms with van der Waals surface area (Å²) in [7, 11) is 0. The molecule has 0 bridgehead atoms. The Morgan fingerprint density at radius 1 is 0.389 bits per heavy atom. The SMILES string of the molecule is CC/C=C\C/C=C\C/C=C\CCCCCCCC(=O)OC(COC(=O)CCCCCCC)COC(=O)CCCCCCC/C=C\CCCCCCCCC. The molecular formula is C48H84O6. The van der Waals surface area contributed by atoms with Crippen LogP contribution in [0.3, 0.4) is 0 Å². The molecule has 6 heteroatoms. The Morgan fingerprint density at radius 2 is 0.722 bits per heavy atom. The van der Waals surface area contributed by atoms with Crippen LogP contribution in [0.1, 0.15) is 220 Å². The van der Waals surface area contributed by atoms with Gasteiger partial charge in [0, 0.05) is 19.3 Å². The summed E-state index contributed by atoms with van der Waals surface area (Å²) >= 11 is 0. The predicted molar refractivity (Wildman–Crippen MR) is 229 cm³/mol. The topological polar surface area (TPSA) is 78.9 Å². The Balaban J connectivity index is 4.26. The fourth-order valence-corrected chi connectivity index (χ4v) is 6.16. The van der Waals surface area contributed by atoms with Crippen molar-refractivity contribution in [1.82, 2.24) is 0 Å². The monoisotopic (exact) mass is 757 g/mol. The largest absolute Gasteiger partial charge is 0.462 e. The molecule has 0 aliphatic carbocycles. The Morgan fingerprint density at radius 3 is 1.15 bits per heavy atom. The first-order chi connectivity index (χ1) is 26.5. The van der Waals surface area contributed by atoms with Crippen molar-refractivity contribution < 1.29 is 28.6 Å². The lowest BCUT2D eigenvalue weighted by molar-refractivity contribution is -0.167. The van der Waals surface area contributed by atoms with Crippen molar-refractivity contribution in [3.8, 4) is 0 Å². The van der Waals surface area contributed by atoms with Gasteiger partial charge in [0.25, 0.3) is 0 Å². The predicted octanol–water partition coefficient (Wildman–Crippen LogP) is 14.4. The molecule has 0 amide bonds. The van der Waals surface area contributed by atoms with Crippen molar-refractivity contribution in [3.63, 3.8) is 0 Å². The number of allylic oxidation sites excluding steroid dienone is 8. The highest BCUT2D eigenvalue weighted by Gasteiger charge is 2.19. The maximum Gasteiger partial charge on any atom is 0.306 e. The van der Waals surface area contributed by atoms with E-state index in [9.17, 15) is 14.4 Å². The molecule has 0 N–H and O–H groups in total. The van der Waals surface area contributed by atoms with E-state index in [4.69, 9.17) is 14.2 Å². The smallest absolute Gasteiger partial charge is 0.306 e. The fourth-order valence-electron chi connectivity index (χ4n) is 6.16. The fraction of sp³-hybridized carbons (Fsp3) is 0.771. The second-order valence-corrected chi connectivity index (χ2v) is 14.9. The lowest BCUT2D eigenvalue weighted by Crippen LogP contribution is -2.30. The molecule has 0 aromatic heterocycles. The van der Waals surface area contributed by atoms with E-state index in [0.29, 0.717) is 19.3 Å². The van der Waals surface area contributed by atoms with Gasteiger partial charge in [-0.2, -0.15) is 0 Å². The van der Waals surface area contributed by atoms with Crippen molar-refractivity contribution in [2.75, 3.05) is 13.2 Å². The summed E-state index contributed by atoms with van der Waals surface area (Å²) in [6.45, 7) is 6.41. The summed E-state index contributed by atoms with van der Waals surface area (Å²) in [6, 6.07) is 0. The minimum atomic E-state index is -0.779. The van der Waals surface area contributed by atoms with Crippen LogP contribution in [0.25, 0.3) is 0 Å². The molecule has 54 heavy (non-hydrogen) atoms. The number of rotatable bonds is 40. The van der Waals surface area contributed by atoms with Crippen molar-refractivity contribution in [1.29, 1.82) is 0 Å². The first kappa shape index (κ1) is 51.4. The lowest BCUT2D eigenvalue weighted by Gasteiger charge is -2.18. The van der Waals surface area contributed by atoms with Crippen molar-refractivity contribution >= 4 is 17.9 Å². The Kier molecular flexibility index (Phi) is 41.0. The van der Waals surface area contributed by atoms with Gasteiger partial charge in [0.1, 0.15) is 13.2 Å². The summed E-state index contributed by atoms with van der Waals surface area (Å²) in [5.41, 5.74) is 0.